The van der Waals surface area contributed by atoms with Gasteiger partial charge >= 0.3 is 0 Å². The van der Waals surface area contributed by atoms with Crippen LogP contribution in [0.3, 0.4) is 0 Å². The topological polar surface area (TPSA) is 12.0 Å². The maximum atomic E-state index is 6.17. The first-order chi connectivity index (χ1) is 11.8. The summed E-state index contributed by atoms with van der Waals surface area (Å²) in [6.07, 6.45) is 0. The molecule has 116 valence electrons. The fourth-order valence-corrected chi connectivity index (χ4v) is 4.75. The van der Waals surface area contributed by atoms with Crippen molar-refractivity contribution < 1.29 is 0 Å². The third-order valence-electron chi connectivity index (χ3n) is 4.55. The largest absolute Gasteiger partial charge is 0.368 e. The molecule has 1 atom stereocenters. The Hall–Kier alpha value is -2.16. The molecule has 0 aliphatic carbocycles. The Balaban J connectivity index is 1.73. The molecule has 0 radical (unpaired) electrons. The average molecular weight is 348 g/mol. The van der Waals surface area contributed by atoms with E-state index in [0.29, 0.717) is 0 Å². The van der Waals surface area contributed by atoms with E-state index < -0.39 is 0 Å². The predicted molar refractivity (Wildman–Crippen MR) is 105 cm³/mol. The van der Waals surface area contributed by atoms with E-state index in [2.05, 4.69) is 66.0 Å². The van der Waals surface area contributed by atoms with Crippen LogP contribution in [0.4, 0.5) is 5.69 Å². The van der Waals surface area contributed by atoms with E-state index in [0.717, 1.165) is 5.02 Å². The molecular weight excluding hydrogens is 334 g/mol. The monoisotopic (exact) mass is 347 g/mol. The van der Waals surface area contributed by atoms with E-state index in [1.807, 2.05) is 23.9 Å². The summed E-state index contributed by atoms with van der Waals surface area (Å²) in [5, 5.41) is 9.73. The molecule has 4 aromatic rings. The van der Waals surface area contributed by atoms with Crippen LogP contribution in [0.1, 0.15) is 10.9 Å². The lowest BCUT2D eigenvalue weighted by atomic mass is 10.0. The quantitative estimate of drug-likeness (QED) is 0.377. The summed E-state index contributed by atoms with van der Waals surface area (Å²) in [5.74, 6) is 0. The minimum atomic E-state index is 0.259. The van der Waals surface area contributed by atoms with Gasteiger partial charge in [0.2, 0.25) is 0 Å². The standard InChI is InChI=1S/C21H14ClNS/c22-16-9-10-17-15(12-16)7-6-13-8-11-18-20(19(13)17)23-21(24-18)14-4-2-1-3-5-14/h1-12,21,23H. The zero-order chi connectivity index (χ0) is 16.1. The molecule has 1 unspecified atom stereocenters. The summed E-state index contributed by atoms with van der Waals surface area (Å²) in [6, 6.07) is 25.5. The number of hydrogen-bond acceptors (Lipinski definition) is 2. The number of nitrogens with one attached hydrogen (secondary N) is 1. The van der Waals surface area contributed by atoms with E-state index in [1.54, 1.807) is 0 Å². The Morgan fingerprint density at radius 2 is 1.62 bits per heavy atom. The fraction of sp³-hybridized carbons (Fsp3) is 0.0476. The summed E-state index contributed by atoms with van der Waals surface area (Å²) in [5.41, 5.74) is 2.54. The Morgan fingerprint density at radius 3 is 2.50 bits per heavy atom. The number of halogens is 1. The van der Waals surface area contributed by atoms with Crippen molar-refractivity contribution in [3.63, 3.8) is 0 Å². The van der Waals surface area contributed by atoms with Crippen molar-refractivity contribution in [2.75, 3.05) is 5.32 Å². The zero-order valence-corrected chi connectivity index (χ0v) is 14.4. The predicted octanol–water partition coefficient (Wildman–Crippen LogP) is 6.86. The zero-order valence-electron chi connectivity index (χ0n) is 12.8. The van der Waals surface area contributed by atoms with Crippen LogP contribution in [0.25, 0.3) is 21.5 Å². The van der Waals surface area contributed by atoms with Gasteiger partial charge in [0.15, 0.2) is 0 Å². The van der Waals surface area contributed by atoms with Crippen molar-refractivity contribution in [1.29, 1.82) is 0 Å². The molecule has 0 fully saturated rings. The second-order valence-electron chi connectivity index (χ2n) is 6.02. The normalized spacial score (nSPS) is 16.3. The van der Waals surface area contributed by atoms with Crippen molar-refractivity contribution in [3.8, 4) is 0 Å². The minimum absolute atomic E-state index is 0.259. The lowest BCUT2D eigenvalue weighted by molar-refractivity contribution is 1.14. The Kier molecular flexibility index (Phi) is 3.22. The van der Waals surface area contributed by atoms with Gasteiger partial charge in [-0.15, -0.1) is 0 Å². The maximum Gasteiger partial charge on any atom is 0.103 e. The van der Waals surface area contributed by atoms with Crippen LogP contribution in [0.2, 0.25) is 5.02 Å². The number of benzene rings is 4. The molecule has 0 saturated carbocycles. The van der Waals surface area contributed by atoms with E-state index in [4.69, 9.17) is 11.6 Å². The van der Waals surface area contributed by atoms with Gasteiger partial charge in [-0.3, -0.25) is 0 Å². The third kappa shape index (κ3) is 2.18. The number of fused-ring (bicyclic) bond motifs is 5. The third-order valence-corrected chi connectivity index (χ3v) is 6.00. The highest BCUT2D eigenvalue weighted by Gasteiger charge is 2.25. The van der Waals surface area contributed by atoms with Gasteiger partial charge in [-0.05, 0) is 39.9 Å². The molecule has 0 spiro atoms. The molecule has 1 aliphatic rings. The van der Waals surface area contributed by atoms with Crippen molar-refractivity contribution in [1.82, 2.24) is 0 Å². The van der Waals surface area contributed by atoms with Crippen molar-refractivity contribution >= 4 is 50.6 Å². The van der Waals surface area contributed by atoms with Crippen LogP contribution < -0.4 is 5.32 Å². The molecule has 24 heavy (non-hydrogen) atoms. The van der Waals surface area contributed by atoms with Gasteiger partial charge in [-0.1, -0.05) is 78.0 Å². The number of anilines is 1. The van der Waals surface area contributed by atoms with Gasteiger partial charge in [-0.25, -0.2) is 0 Å². The van der Waals surface area contributed by atoms with Crippen molar-refractivity contribution in [2.24, 2.45) is 0 Å². The second-order valence-corrected chi connectivity index (χ2v) is 7.60. The van der Waals surface area contributed by atoms with Gasteiger partial charge < -0.3 is 5.32 Å². The Morgan fingerprint density at radius 1 is 0.833 bits per heavy atom. The molecular formula is C21H14ClNS. The summed E-state index contributed by atoms with van der Waals surface area (Å²) >= 11 is 8.05. The van der Waals surface area contributed by atoms with Crippen molar-refractivity contribution in [2.45, 2.75) is 10.3 Å². The van der Waals surface area contributed by atoms with E-state index in [-0.39, 0.29) is 5.37 Å². The van der Waals surface area contributed by atoms with E-state index >= 15 is 0 Å². The number of thioether (sulfide) groups is 1. The minimum Gasteiger partial charge on any atom is -0.368 e. The molecule has 0 aromatic heterocycles. The van der Waals surface area contributed by atoms with Crippen LogP contribution in [-0.4, -0.2) is 0 Å². The highest BCUT2D eigenvalue weighted by Crippen LogP contribution is 2.50. The molecule has 1 aliphatic heterocycles. The van der Waals surface area contributed by atoms with Gasteiger partial charge in [0.1, 0.15) is 5.37 Å². The molecule has 1 N–H and O–H groups in total. The lowest BCUT2D eigenvalue weighted by Crippen LogP contribution is -2.01. The summed E-state index contributed by atoms with van der Waals surface area (Å²) in [7, 11) is 0. The summed E-state index contributed by atoms with van der Waals surface area (Å²) < 4.78 is 0. The van der Waals surface area contributed by atoms with Crippen LogP contribution in [0.5, 0.6) is 0 Å². The first kappa shape index (κ1) is 14.2. The highest BCUT2D eigenvalue weighted by atomic mass is 35.5. The molecule has 0 saturated heterocycles. The van der Waals surface area contributed by atoms with Gasteiger partial charge in [0, 0.05) is 15.3 Å². The van der Waals surface area contributed by atoms with Gasteiger partial charge in [0.05, 0.1) is 5.69 Å². The average Bonchev–Trinajstić information content (AvgIpc) is 3.06. The lowest BCUT2D eigenvalue weighted by Gasteiger charge is -2.12. The summed E-state index contributed by atoms with van der Waals surface area (Å²) in [4.78, 5) is 1.30. The molecule has 0 bridgehead atoms. The number of rotatable bonds is 1. The van der Waals surface area contributed by atoms with Crippen molar-refractivity contribution in [3.05, 3.63) is 83.4 Å². The first-order valence-corrected chi connectivity index (χ1v) is 9.18. The van der Waals surface area contributed by atoms with Crippen LogP contribution in [-0.2, 0) is 0 Å². The van der Waals surface area contributed by atoms with Gasteiger partial charge in [0.25, 0.3) is 0 Å². The SMILES string of the molecule is Clc1ccc2c(ccc3ccc4c(c32)NC(c2ccccc2)S4)c1. The Labute approximate surface area is 149 Å². The molecule has 1 heterocycles. The van der Waals surface area contributed by atoms with Crippen LogP contribution >= 0.6 is 23.4 Å². The summed E-state index contributed by atoms with van der Waals surface area (Å²) in [6.45, 7) is 0. The van der Waals surface area contributed by atoms with Crippen LogP contribution in [0, 0.1) is 0 Å². The molecule has 5 rings (SSSR count). The first-order valence-electron chi connectivity index (χ1n) is 7.93. The number of hydrogen-bond donors (Lipinski definition) is 1. The Bertz CT molecular complexity index is 1080. The highest BCUT2D eigenvalue weighted by molar-refractivity contribution is 8.00. The fourth-order valence-electron chi connectivity index (χ4n) is 3.42. The maximum absolute atomic E-state index is 6.17. The molecule has 1 nitrogen and oxygen atoms in total. The van der Waals surface area contributed by atoms with E-state index in [1.165, 1.54) is 37.7 Å². The molecule has 4 aromatic carbocycles. The second kappa shape index (κ2) is 5.44. The molecule has 3 heteroatoms. The molecule has 0 amide bonds. The van der Waals surface area contributed by atoms with Gasteiger partial charge in [-0.2, -0.15) is 0 Å². The van der Waals surface area contributed by atoms with E-state index in [9.17, 15) is 0 Å². The van der Waals surface area contributed by atoms with Crippen LogP contribution in [0.15, 0.2) is 77.7 Å². The smallest absolute Gasteiger partial charge is 0.103 e.